The summed E-state index contributed by atoms with van der Waals surface area (Å²) in [6.45, 7) is 0. The Morgan fingerprint density at radius 3 is 1.77 bits per heavy atom. The molecule has 4 aromatic carbocycles. The van der Waals surface area contributed by atoms with Crippen LogP contribution in [0.4, 0.5) is 0 Å². The summed E-state index contributed by atoms with van der Waals surface area (Å²) in [4.78, 5) is 13.2. The van der Waals surface area contributed by atoms with Crippen molar-refractivity contribution in [1.82, 2.24) is 4.57 Å². The summed E-state index contributed by atoms with van der Waals surface area (Å²) < 4.78 is 2.19. The lowest BCUT2D eigenvalue weighted by Crippen LogP contribution is -2.02. The molecule has 35 heavy (non-hydrogen) atoms. The van der Waals surface area contributed by atoms with Crippen molar-refractivity contribution in [2.75, 3.05) is 0 Å². The number of ketones is 1. The lowest BCUT2D eigenvalue weighted by Gasteiger charge is -2.15. The molecule has 0 aliphatic heterocycles. The van der Waals surface area contributed by atoms with Crippen molar-refractivity contribution in [2.45, 2.75) is 0 Å². The van der Waals surface area contributed by atoms with Crippen molar-refractivity contribution in [1.29, 1.82) is 5.26 Å². The number of benzene rings is 4. The van der Waals surface area contributed by atoms with Gasteiger partial charge in [-0.3, -0.25) is 4.79 Å². The van der Waals surface area contributed by atoms with Crippen molar-refractivity contribution in [3.63, 3.8) is 0 Å². The third-order valence-corrected chi connectivity index (χ3v) is 5.86. The molecule has 1 heterocycles. The summed E-state index contributed by atoms with van der Waals surface area (Å²) in [7, 11) is 0. The third kappa shape index (κ3) is 4.46. The van der Waals surface area contributed by atoms with Crippen molar-refractivity contribution in [2.24, 2.45) is 0 Å². The largest absolute Gasteiger partial charge is 0.309 e. The highest BCUT2D eigenvalue weighted by molar-refractivity contribution is 6.14. The topological polar surface area (TPSA) is 45.8 Å². The summed E-state index contributed by atoms with van der Waals surface area (Å²) in [5.41, 5.74) is 6.33. The van der Waals surface area contributed by atoms with E-state index < -0.39 is 0 Å². The smallest absolute Gasteiger partial charge is 0.203 e. The lowest BCUT2D eigenvalue weighted by atomic mass is 10.00. The second kappa shape index (κ2) is 9.91. The maximum absolute atomic E-state index is 13.2. The van der Waals surface area contributed by atoms with Gasteiger partial charge in [0.2, 0.25) is 5.78 Å². The number of carbonyl (C=O) groups excluding carboxylic acids is 1. The molecule has 0 amide bonds. The number of nitriles is 1. The summed E-state index contributed by atoms with van der Waals surface area (Å²) in [6.07, 6.45) is 1.71. The van der Waals surface area contributed by atoms with Crippen LogP contribution in [0.15, 0.2) is 133 Å². The van der Waals surface area contributed by atoms with Gasteiger partial charge in [0.1, 0.15) is 11.6 Å². The number of nitrogens with zero attached hydrogens (tertiary/aromatic N) is 2. The Balaban J connectivity index is 1.80. The maximum atomic E-state index is 13.2. The van der Waals surface area contributed by atoms with Crippen LogP contribution < -0.4 is 0 Å². The SMILES string of the molecule is N#CC(=Cc1cc(-c2ccccc2)n(-c2ccccc2)c1-c1ccccc1)C(=O)c1ccccc1. The first-order valence-electron chi connectivity index (χ1n) is 11.4. The van der Waals surface area contributed by atoms with Gasteiger partial charge in [0.25, 0.3) is 0 Å². The van der Waals surface area contributed by atoms with Crippen LogP contribution in [0.25, 0.3) is 34.3 Å². The Labute approximate surface area is 204 Å². The molecule has 0 fully saturated rings. The van der Waals surface area contributed by atoms with E-state index in [0.717, 1.165) is 33.8 Å². The summed E-state index contributed by atoms with van der Waals surface area (Å²) in [5.74, 6) is -0.291. The maximum Gasteiger partial charge on any atom is 0.203 e. The number of hydrogen-bond acceptors (Lipinski definition) is 2. The Morgan fingerprint density at radius 2 is 1.20 bits per heavy atom. The minimum absolute atomic E-state index is 0.0956. The average molecular weight is 451 g/mol. The zero-order chi connectivity index (χ0) is 24.0. The fraction of sp³-hybridized carbons (Fsp3) is 0. The molecule has 1 aromatic heterocycles. The predicted molar refractivity (Wildman–Crippen MR) is 141 cm³/mol. The van der Waals surface area contributed by atoms with Crippen LogP contribution in [-0.2, 0) is 0 Å². The van der Waals surface area contributed by atoms with Gasteiger partial charge in [-0.15, -0.1) is 0 Å². The fourth-order valence-electron chi connectivity index (χ4n) is 4.25. The zero-order valence-corrected chi connectivity index (χ0v) is 19.0. The Kier molecular flexibility index (Phi) is 6.19. The molecule has 0 unspecified atom stereocenters. The van der Waals surface area contributed by atoms with Crippen LogP contribution in [0.1, 0.15) is 15.9 Å². The number of Topliss-reactive ketones (excluding diaryl/α,β-unsaturated/α-hetero) is 1. The van der Waals surface area contributed by atoms with E-state index >= 15 is 0 Å². The van der Waals surface area contributed by atoms with Crippen LogP contribution in [0.2, 0.25) is 0 Å². The van der Waals surface area contributed by atoms with E-state index in [1.54, 1.807) is 30.3 Å². The van der Waals surface area contributed by atoms with E-state index in [0.29, 0.717) is 5.56 Å². The standard InChI is InChI=1S/C32H22N2O/c33-23-28(32(35)26-17-9-3-10-18-26)21-27-22-30(24-13-5-1-6-14-24)34(29-19-11-4-12-20-29)31(27)25-15-7-2-8-16-25/h1-22H. The number of hydrogen-bond donors (Lipinski definition) is 0. The van der Waals surface area contributed by atoms with E-state index in [1.807, 2.05) is 72.8 Å². The van der Waals surface area contributed by atoms with E-state index in [9.17, 15) is 10.1 Å². The summed E-state index contributed by atoms with van der Waals surface area (Å²) >= 11 is 0. The van der Waals surface area contributed by atoms with Gasteiger partial charge in [0.05, 0.1) is 11.4 Å². The summed E-state index contributed by atoms with van der Waals surface area (Å²) in [6, 6.07) is 43.5. The Morgan fingerprint density at radius 1 is 0.686 bits per heavy atom. The first kappa shape index (κ1) is 21.9. The molecule has 3 heteroatoms. The van der Waals surface area contributed by atoms with Gasteiger partial charge in [-0.2, -0.15) is 5.26 Å². The number of carbonyl (C=O) groups is 1. The van der Waals surface area contributed by atoms with E-state index in [-0.39, 0.29) is 11.4 Å². The molecule has 0 radical (unpaired) electrons. The van der Waals surface area contributed by atoms with Gasteiger partial charge in [-0.05, 0) is 35.4 Å². The minimum Gasteiger partial charge on any atom is -0.309 e. The number of allylic oxidation sites excluding steroid dienone is 1. The lowest BCUT2D eigenvalue weighted by molar-refractivity contribution is 0.104. The molecular formula is C32H22N2O. The molecule has 0 saturated carbocycles. The van der Waals surface area contributed by atoms with Crippen molar-refractivity contribution < 1.29 is 4.79 Å². The molecule has 5 aromatic rings. The molecule has 0 atom stereocenters. The molecule has 5 rings (SSSR count). The third-order valence-electron chi connectivity index (χ3n) is 5.86. The number of rotatable bonds is 6. The highest BCUT2D eigenvalue weighted by atomic mass is 16.1. The second-order valence-electron chi connectivity index (χ2n) is 8.10. The van der Waals surface area contributed by atoms with Crippen LogP contribution in [0.3, 0.4) is 0 Å². The second-order valence-corrected chi connectivity index (χ2v) is 8.10. The zero-order valence-electron chi connectivity index (χ0n) is 19.0. The average Bonchev–Trinajstić information content (AvgIpc) is 3.32. The van der Waals surface area contributed by atoms with Gasteiger partial charge < -0.3 is 4.57 Å². The molecule has 0 aliphatic rings. The highest BCUT2D eigenvalue weighted by Gasteiger charge is 2.20. The van der Waals surface area contributed by atoms with Crippen molar-refractivity contribution in [3.8, 4) is 34.3 Å². The summed E-state index contributed by atoms with van der Waals surface area (Å²) in [5, 5.41) is 9.94. The Hall–Kier alpha value is -4.94. The molecule has 0 spiro atoms. The van der Waals surface area contributed by atoms with Crippen molar-refractivity contribution >= 4 is 11.9 Å². The van der Waals surface area contributed by atoms with Crippen LogP contribution in [0, 0.1) is 11.3 Å². The molecule has 0 N–H and O–H groups in total. The van der Waals surface area contributed by atoms with E-state index in [4.69, 9.17) is 0 Å². The quantitative estimate of drug-likeness (QED) is 0.152. The number of para-hydroxylation sites is 1. The Bertz CT molecular complexity index is 1530. The molecule has 166 valence electrons. The first-order chi connectivity index (χ1) is 17.3. The van der Waals surface area contributed by atoms with Crippen LogP contribution >= 0.6 is 0 Å². The fourth-order valence-corrected chi connectivity index (χ4v) is 4.25. The minimum atomic E-state index is -0.291. The van der Waals surface area contributed by atoms with E-state index in [2.05, 4.69) is 41.0 Å². The number of aromatic nitrogens is 1. The van der Waals surface area contributed by atoms with E-state index in [1.165, 1.54) is 0 Å². The molecule has 0 saturated heterocycles. The highest BCUT2D eigenvalue weighted by Crippen LogP contribution is 2.37. The van der Waals surface area contributed by atoms with Gasteiger partial charge in [0.15, 0.2) is 0 Å². The van der Waals surface area contributed by atoms with Gasteiger partial charge in [-0.25, -0.2) is 0 Å². The molecule has 3 nitrogen and oxygen atoms in total. The first-order valence-corrected chi connectivity index (χ1v) is 11.4. The van der Waals surface area contributed by atoms with Gasteiger partial charge in [-0.1, -0.05) is 109 Å². The van der Waals surface area contributed by atoms with Gasteiger partial charge >= 0.3 is 0 Å². The predicted octanol–water partition coefficient (Wildman–Crippen LogP) is 7.60. The van der Waals surface area contributed by atoms with Gasteiger partial charge in [0, 0.05) is 16.8 Å². The molecular weight excluding hydrogens is 428 g/mol. The molecule has 0 bridgehead atoms. The monoisotopic (exact) mass is 450 g/mol. The molecule has 0 aliphatic carbocycles. The normalized spacial score (nSPS) is 11.1. The van der Waals surface area contributed by atoms with Crippen LogP contribution in [0.5, 0.6) is 0 Å². The van der Waals surface area contributed by atoms with Crippen LogP contribution in [-0.4, -0.2) is 10.4 Å². The van der Waals surface area contributed by atoms with Crippen molar-refractivity contribution in [3.05, 3.63) is 144 Å².